The average Bonchev–Trinajstić information content (AvgIpc) is 2.92. The number of carbonyl (C=O) groups is 1. The van der Waals surface area contributed by atoms with Crippen LogP contribution in [-0.4, -0.2) is 5.78 Å². The van der Waals surface area contributed by atoms with E-state index in [2.05, 4.69) is 15.9 Å². The van der Waals surface area contributed by atoms with E-state index in [0.29, 0.717) is 12.0 Å². The number of halogens is 2. The molecule has 0 N–H and O–H groups in total. The van der Waals surface area contributed by atoms with Crippen molar-refractivity contribution in [2.75, 3.05) is 0 Å². The van der Waals surface area contributed by atoms with Gasteiger partial charge in [0.05, 0.1) is 0 Å². The lowest BCUT2D eigenvalue weighted by Gasteiger charge is -2.11. The molecule has 0 amide bonds. The summed E-state index contributed by atoms with van der Waals surface area (Å²) in [5, 5.41) is 0. The van der Waals surface area contributed by atoms with Crippen molar-refractivity contribution < 1.29 is 9.18 Å². The molecule has 0 bridgehead atoms. The number of benzene rings is 1. The molecule has 1 aromatic carbocycles. The Bertz CT molecular complexity index is 410. The van der Waals surface area contributed by atoms with Crippen LogP contribution in [0.25, 0.3) is 0 Å². The molecule has 1 aromatic rings. The van der Waals surface area contributed by atoms with E-state index < -0.39 is 0 Å². The number of rotatable bonds is 3. The van der Waals surface area contributed by atoms with E-state index in [1.54, 1.807) is 19.1 Å². The Labute approximate surface area is 96.8 Å². The second-order valence-corrected chi connectivity index (χ2v) is 5.16. The number of ketones is 1. The molecule has 1 aliphatic rings. The van der Waals surface area contributed by atoms with Crippen LogP contribution in [-0.2, 0) is 11.2 Å². The minimum atomic E-state index is -0.262. The summed E-state index contributed by atoms with van der Waals surface area (Å²) < 4.78 is 14.3. The summed E-state index contributed by atoms with van der Waals surface area (Å²) >= 11 is 3.31. The molecule has 15 heavy (non-hydrogen) atoms. The van der Waals surface area contributed by atoms with Crippen molar-refractivity contribution in [3.63, 3.8) is 0 Å². The minimum absolute atomic E-state index is 0.182. The number of hydrogen-bond acceptors (Lipinski definition) is 1. The summed E-state index contributed by atoms with van der Waals surface area (Å²) in [7, 11) is 0. The van der Waals surface area contributed by atoms with Crippen molar-refractivity contribution in [3.05, 3.63) is 34.1 Å². The van der Waals surface area contributed by atoms with Crippen molar-refractivity contribution in [1.82, 2.24) is 0 Å². The zero-order valence-electron chi connectivity index (χ0n) is 8.52. The molecule has 1 nitrogen and oxygen atoms in total. The van der Waals surface area contributed by atoms with Gasteiger partial charge < -0.3 is 0 Å². The Hall–Kier alpha value is -0.700. The summed E-state index contributed by atoms with van der Waals surface area (Å²) in [4.78, 5) is 11.4. The lowest BCUT2D eigenvalue weighted by Crippen LogP contribution is -2.15. The van der Waals surface area contributed by atoms with Crippen LogP contribution < -0.4 is 0 Å². The zero-order chi connectivity index (χ0) is 11.1. The molecule has 0 saturated heterocycles. The standard InChI is InChI=1S/C12H12BrFO/c1-8(15)12(4-5-12)7-9-6-10(13)2-3-11(9)14/h2-3,6H,4-5,7H2,1H3. The van der Waals surface area contributed by atoms with Gasteiger partial charge in [0.15, 0.2) is 0 Å². The SMILES string of the molecule is CC(=O)C1(Cc2cc(Br)ccc2F)CC1. The predicted octanol–water partition coefficient (Wildman–Crippen LogP) is 3.50. The van der Waals surface area contributed by atoms with Gasteiger partial charge >= 0.3 is 0 Å². The summed E-state index contributed by atoms with van der Waals surface area (Å²) in [5.41, 5.74) is 0.374. The van der Waals surface area contributed by atoms with E-state index in [0.717, 1.165) is 17.3 Å². The molecule has 0 heterocycles. The first-order valence-electron chi connectivity index (χ1n) is 4.98. The van der Waals surface area contributed by atoms with Crippen LogP contribution in [0.3, 0.4) is 0 Å². The molecular weight excluding hydrogens is 259 g/mol. The fourth-order valence-corrected chi connectivity index (χ4v) is 2.26. The molecule has 0 spiro atoms. The van der Waals surface area contributed by atoms with Crippen molar-refractivity contribution >= 4 is 21.7 Å². The van der Waals surface area contributed by atoms with Gasteiger partial charge in [-0.15, -0.1) is 0 Å². The maximum atomic E-state index is 13.5. The maximum Gasteiger partial charge on any atom is 0.136 e. The lowest BCUT2D eigenvalue weighted by molar-refractivity contribution is -0.121. The topological polar surface area (TPSA) is 17.1 Å². The third-order valence-electron chi connectivity index (χ3n) is 3.14. The highest BCUT2D eigenvalue weighted by Crippen LogP contribution is 2.49. The van der Waals surface area contributed by atoms with Crippen LogP contribution in [0.5, 0.6) is 0 Å². The highest BCUT2D eigenvalue weighted by molar-refractivity contribution is 9.10. The molecule has 80 valence electrons. The first-order chi connectivity index (χ1) is 7.03. The minimum Gasteiger partial charge on any atom is -0.299 e. The number of carbonyl (C=O) groups excluding carboxylic acids is 1. The Morgan fingerprint density at radius 3 is 2.73 bits per heavy atom. The molecule has 1 fully saturated rings. The van der Waals surface area contributed by atoms with Gasteiger partial charge in [-0.25, -0.2) is 4.39 Å². The van der Waals surface area contributed by atoms with E-state index in [-0.39, 0.29) is 17.0 Å². The van der Waals surface area contributed by atoms with Crippen LogP contribution in [0.4, 0.5) is 4.39 Å². The number of Topliss-reactive ketones (excluding diaryl/α,β-unsaturated/α-hetero) is 1. The van der Waals surface area contributed by atoms with Gasteiger partial charge in [-0.05, 0) is 49.9 Å². The summed E-state index contributed by atoms with van der Waals surface area (Å²) in [6, 6.07) is 4.88. The second kappa shape index (κ2) is 3.71. The van der Waals surface area contributed by atoms with Crippen molar-refractivity contribution in [2.45, 2.75) is 26.2 Å². The normalized spacial score (nSPS) is 17.5. The van der Waals surface area contributed by atoms with Gasteiger partial charge in [-0.1, -0.05) is 15.9 Å². The Balaban J connectivity index is 2.24. The Kier molecular flexibility index (Phi) is 2.67. The molecule has 1 saturated carbocycles. The zero-order valence-corrected chi connectivity index (χ0v) is 10.1. The van der Waals surface area contributed by atoms with E-state index in [9.17, 15) is 9.18 Å². The van der Waals surface area contributed by atoms with Crippen LogP contribution in [0.1, 0.15) is 25.3 Å². The molecule has 0 unspecified atom stereocenters. The van der Waals surface area contributed by atoms with Gasteiger partial charge in [0.1, 0.15) is 11.6 Å². The van der Waals surface area contributed by atoms with E-state index in [1.807, 2.05) is 0 Å². The quantitative estimate of drug-likeness (QED) is 0.822. The maximum absolute atomic E-state index is 13.5. The van der Waals surface area contributed by atoms with E-state index >= 15 is 0 Å². The third kappa shape index (κ3) is 2.12. The van der Waals surface area contributed by atoms with Crippen molar-refractivity contribution in [2.24, 2.45) is 5.41 Å². The fraction of sp³-hybridized carbons (Fsp3) is 0.417. The molecular formula is C12H12BrFO. The van der Waals surface area contributed by atoms with Crippen LogP contribution in [0.15, 0.2) is 22.7 Å². The largest absolute Gasteiger partial charge is 0.299 e. The summed E-state index contributed by atoms with van der Waals surface area (Å²) in [5.74, 6) is -0.0346. The van der Waals surface area contributed by atoms with Crippen molar-refractivity contribution in [3.8, 4) is 0 Å². The first kappa shape index (κ1) is 10.8. The average molecular weight is 271 g/mol. The highest BCUT2D eigenvalue weighted by Gasteiger charge is 2.47. The van der Waals surface area contributed by atoms with Gasteiger partial charge in [0, 0.05) is 9.89 Å². The summed E-state index contributed by atoms with van der Waals surface area (Å²) in [6.45, 7) is 1.60. The van der Waals surface area contributed by atoms with Crippen molar-refractivity contribution in [1.29, 1.82) is 0 Å². The predicted molar refractivity (Wildman–Crippen MR) is 60.2 cm³/mol. The van der Waals surface area contributed by atoms with Gasteiger partial charge in [0.25, 0.3) is 0 Å². The third-order valence-corrected chi connectivity index (χ3v) is 3.63. The summed E-state index contributed by atoms with van der Waals surface area (Å²) in [6.07, 6.45) is 2.33. The number of hydrogen-bond donors (Lipinski definition) is 0. The van der Waals surface area contributed by atoms with E-state index in [4.69, 9.17) is 0 Å². The van der Waals surface area contributed by atoms with Crippen LogP contribution in [0.2, 0.25) is 0 Å². The molecule has 0 atom stereocenters. The van der Waals surface area contributed by atoms with E-state index in [1.165, 1.54) is 6.07 Å². The Morgan fingerprint density at radius 2 is 2.20 bits per heavy atom. The van der Waals surface area contributed by atoms with Crippen LogP contribution >= 0.6 is 15.9 Å². The first-order valence-corrected chi connectivity index (χ1v) is 5.78. The lowest BCUT2D eigenvalue weighted by atomic mass is 9.93. The second-order valence-electron chi connectivity index (χ2n) is 4.25. The van der Waals surface area contributed by atoms with Crippen LogP contribution in [0, 0.1) is 11.2 Å². The fourth-order valence-electron chi connectivity index (χ4n) is 1.85. The molecule has 0 aromatic heterocycles. The Morgan fingerprint density at radius 1 is 1.53 bits per heavy atom. The van der Waals surface area contributed by atoms with Gasteiger partial charge in [-0.2, -0.15) is 0 Å². The molecule has 0 radical (unpaired) electrons. The molecule has 0 aliphatic heterocycles. The smallest absolute Gasteiger partial charge is 0.136 e. The molecule has 3 heteroatoms. The molecule has 2 rings (SSSR count). The highest BCUT2D eigenvalue weighted by atomic mass is 79.9. The van der Waals surface area contributed by atoms with Gasteiger partial charge in [0.2, 0.25) is 0 Å². The monoisotopic (exact) mass is 270 g/mol. The molecule has 1 aliphatic carbocycles. The van der Waals surface area contributed by atoms with Gasteiger partial charge in [-0.3, -0.25) is 4.79 Å².